The average molecular weight is 443 g/mol. The molecule has 166 valence electrons. The highest BCUT2D eigenvalue weighted by atomic mass is 32.2. The summed E-state index contributed by atoms with van der Waals surface area (Å²) < 4.78 is 3.82. The molecule has 2 aromatic heterocycles. The Labute approximate surface area is 186 Å². The van der Waals surface area contributed by atoms with Gasteiger partial charge in [0.2, 0.25) is 17.6 Å². The molecule has 0 radical (unpaired) electrons. The van der Waals surface area contributed by atoms with E-state index in [0.717, 1.165) is 24.1 Å². The van der Waals surface area contributed by atoms with Crippen molar-refractivity contribution in [1.82, 2.24) is 29.4 Å². The largest absolute Gasteiger partial charge is 0.352 e. The summed E-state index contributed by atoms with van der Waals surface area (Å²) in [7, 11) is 0. The highest BCUT2D eigenvalue weighted by molar-refractivity contribution is 7.99. The van der Waals surface area contributed by atoms with Crippen molar-refractivity contribution in [2.45, 2.75) is 51.9 Å². The predicted molar refractivity (Wildman–Crippen MR) is 122 cm³/mol. The van der Waals surface area contributed by atoms with E-state index in [2.05, 4.69) is 29.4 Å². The number of imidazole rings is 1. The summed E-state index contributed by atoms with van der Waals surface area (Å²) in [4.78, 5) is 27.2. The van der Waals surface area contributed by atoms with Crippen LogP contribution in [0.25, 0.3) is 16.8 Å². The lowest BCUT2D eigenvalue weighted by Gasteiger charge is -2.34. The zero-order valence-corrected chi connectivity index (χ0v) is 19.4. The molecule has 9 heteroatoms. The van der Waals surface area contributed by atoms with Crippen LogP contribution in [-0.2, 0) is 16.1 Å². The highest BCUT2D eigenvalue weighted by Crippen LogP contribution is 2.27. The second-order valence-corrected chi connectivity index (χ2v) is 9.89. The van der Waals surface area contributed by atoms with Crippen LogP contribution in [0, 0.1) is 11.8 Å². The Hall–Kier alpha value is -2.55. The van der Waals surface area contributed by atoms with E-state index in [1.807, 2.05) is 52.0 Å². The number of amides is 2. The minimum atomic E-state index is -0.0704. The minimum Gasteiger partial charge on any atom is -0.352 e. The number of hydrogen-bond acceptors (Lipinski definition) is 5. The third-order valence-corrected chi connectivity index (χ3v) is 6.48. The standard InChI is InChI=1S/C22H30N6O2S/c1-14(2)23-19(29)12-27-17-7-5-6-8-18(17)28-21(27)24-25-22(28)31-13-20(30)26-10-15(3)9-16(4)11-26/h5-8,14-16H,9-13H2,1-4H3,(H,23,29)/t15-,16-/m1/s1. The first-order valence-corrected chi connectivity index (χ1v) is 11.8. The van der Waals surface area contributed by atoms with Crippen LogP contribution >= 0.6 is 11.8 Å². The molecule has 3 aromatic rings. The Morgan fingerprint density at radius 3 is 2.48 bits per heavy atom. The maximum atomic E-state index is 12.8. The number of hydrogen-bond donors (Lipinski definition) is 1. The number of likely N-dealkylation sites (tertiary alicyclic amines) is 1. The van der Waals surface area contributed by atoms with Gasteiger partial charge in [-0.15, -0.1) is 10.2 Å². The van der Waals surface area contributed by atoms with Crippen molar-refractivity contribution in [3.8, 4) is 0 Å². The number of para-hydroxylation sites is 2. The Bertz CT molecular complexity index is 1090. The Morgan fingerprint density at radius 2 is 1.81 bits per heavy atom. The van der Waals surface area contributed by atoms with Crippen molar-refractivity contribution in [3.63, 3.8) is 0 Å². The SMILES string of the molecule is CC(C)NC(=O)Cn1c2ccccc2n2c(SCC(=O)N3C[C@H](C)C[C@@H](C)C3)nnc12. The number of carbonyl (C=O) groups excluding carboxylic acids is 2. The van der Waals surface area contributed by atoms with Crippen molar-refractivity contribution in [3.05, 3.63) is 24.3 Å². The van der Waals surface area contributed by atoms with E-state index in [0.29, 0.717) is 28.5 Å². The third-order valence-electron chi connectivity index (χ3n) is 5.57. The lowest BCUT2D eigenvalue weighted by atomic mass is 9.92. The molecule has 1 aliphatic heterocycles. The summed E-state index contributed by atoms with van der Waals surface area (Å²) in [5, 5.41) is 12.3. The van der Waals surface area contributed by atoms with Crippen molar-refractivity contribution in [1.29, 1.82) is 0 Å². The van der Waals surface area contributed by atoms with Gasteiger partial charge in [0.1, 0.15) is 6.54 Å². The van der Waals surface area contributed by atoms with E-state index in [9.17, 15) is 9.59 Å². The van der Waals surface area contributed by atoms with Gasteiger partial charge in [0.05, 0.1) is 16.8 Å². The molecule has 0 spiro atoms. The van der Waals surface area contributed by atoms with Crippen molar-refractivity contribution in [2.75, 3.05) is 18.8 Å². The van der Waals surface area contributed by atoms with Gasteiger partial charge in [-0.2, -0.15) is 0 Å². The fraction of sp³-hybridized carbons (Fsp3) is 0.545. The number of fused-ring (bicyclic) bond motifs is 3. The molecular formula is C22H30N6O2S. The number of carbonyl (C=O) groups is 2. The second kappa shape index (κ2) is 8.90. The van der Waals surface area contributed by atoms with Gasteiger partial charge in [0.15, 0.2) is 5.16 Å². The smallest absolute Gasteiger partial charge is 0.240 e. The quantitative estimate of drug-likeness (QED) is 0.594. The number of nitrogens with one attached hydrogen (secondary N) is 1. The maximum Gasteiger partial charge on any atom is 0.240 e. The molecule has 0 unspecified atom stereocenters. The maximum absolute atomic E-state index is 12.8. The molecule has 3 heterocycles. The van der Waals surface area contributed by atoms with E-state index in [1.54, 1.807) is 0 Å². The molecule has 1 aromatic carbocycles. The van der Waals surface area contributed by atoms with Crippen LogP contribution < -0.4 is 5.32 Å². The molecular weight excluding hydrogens is 412 g/mol. The molecule has 0 aliphatic carbocycles. The monoisotopic (exact) mass is 442 g/mol. The lowest BCUT2D eigenvalue weighted by Crippen LogP contribution is -2.43. The molecule has 8 nitrogen and oxygen atoms in total. The summed E-state index contributed by atoms with van der Waals surface area (Å²) in [6.45, 7) is 10.1. The van der Waals surface area contributed by atoms with Crippen LogP contribution in [-0.4, -0.2) is 60.8 Å². The van der Waals surface area contributed by atoms with Crippen LogP contribution in [0.3, 0.4) is 0 Å². The fourth-order valence-electron chi connectivity index (χ4n) is 4.48. The van der Waals surface area contributed by atoms with Gasteiger partial charge >= 0.3 is 0 Å². The van der Waals surface area contributed by atoms with Crippen molar-refractivity contribution < 1.29 is 9.59 Å². The molecule has 0 saturated carbocycles. The van der Waals surface area contributed by atoms with Gasteiger partial charge in [-0.3, -0.25) is 18.6 Å². The number of piperidine rings is 1. The van der Waals surface area contributed by atoms with Crippen LogP contribution in [0.1, 0.15) is 34.1 Å². The van der Waals surface area contributed by atoms with E-state index >= 15 is 0 Å². The van der Waals surface area contributed by atoms with Gasteiger partial charge in [-0.05, 0) is 44.2 Å². The van der Waals surface area contributed by atoms with Crippen molar-refractivity contribution >= 4 is 40.4 Å². The molecule has 31 heavy (non-hydrogen) atoms. The van der Waals surface area contributed by atoms with Gasteiger partial charge < -0.3 is 10.2 Å². The second-order valence-electron chi connectivity index (χ2n) is 8.95. The molecule has 1 saturated heterocycles. The number of nitrogens with zero attached hydrogens (tertiary/aromatic N) is 5. The van der Waals surface area contributed by atoms with E-state index in [-0.39, 0.29) is 24.4 Å². The first-order chi connectivity index (χ1) is 14.8. The van der Waals surface area contributed by atoms with Gasteiger partial charge in [-0.25, -0.2) is 0 Å². The zero-order valence-electron chi connectivity index (χ0n) is 18.5. The normalized spacial score (nSPS) is 19.5. The first-order valence-electron chi connectivity index (χ1n) is 10.9. The number of aromatic nitrogens is 4. The van der Waals surface area contributed by atoms with E-state index < -0.39 is 0 Å². The number of thioether (sulfide) groups is 1. The summed E-state index contributed by atoms with van der Waals surface area (Å²) in [6.07, 6.45) is 1.17. The van der Waals surface area contributed by atoms with Crippen molar-refractivity contribution in [2.24, 2.45) is 11.8 Å². The van der Waals surface area contributed by atoms with Gasteiger partial charge in [-0.1, -0.05) is 37.7 Å². The first kappa shape index (κ1) is 21.7. The summed E-state index contributed by atoms with van der Waals surface area (Å²) in [5.41, 5.74) is 1.84. The van der Waals surface area contributed by atoms with Crippen LogP contribution in [0.4, 0.5) is 0 Å². The summed E-state index contributed by atoms with van der Waals surface area (Å²) in [6, 6.07) is 7.93. The van der Waals surface area contributed by atoms with Crippen LogP contribution in [0.15, 0.2) is 29.4 Å². The Kier molecular flexibility index (Phi) is 6.22. The Balaban J connectivity index is 1.58. The zero-order chi connectivity index (χ0) is 22.1. The highest BCUT2D eigenvalue weighted by Gasteiger charge is 2.26. The Morgan fingerprint density at radius 1 is 1.13 bits per heavy atom. The number of benzene rings is 1. The molecule has 1 N–H and O–H groups in total. The lowest BCUT2D eigenvalue weighted by molar-refractivity contribution is -0.131. The molecule has 1 aliphatic rings. The van der Waals surface area contributed by atoms with Crippen LogP contribution in [0.5, 0.6) is 0 Å². The third kappa shape index (κ3) is 4.56. The molecule has 2 atom stereocenters. The van der Waals surface area contributed by atoms with Crippen LogP contribution in [0.2, 0.25) is 0 Å². The summed E-state index contributed by atoms with van der Waals surface area (Å²) >= 11 is 1.40. The molecule has 1 fully saturated rings. The van der Waals surface area contributed by atoms with E-state index in [1.165, 1.54) is 18.2 Å². The van der Waals surface area contributed by atoms with Gasteiger partial charge in [0.25, 0.3) is 0 Å². The molecule has 2 amide bonds. The summed E-state index contributed by atoms with van der Waals surface area (Å²) in [5.74, 6) is 2.07. The predicted octanol–water partition coefficient (Wildman–Crippen LogP) is 2.81. The average Bonchev–Trinajstić information content (AvgIpc) is 3.24. The fourth-order valence-corrected chi connectivity index (χ4v) is 5.32. The van der Waals surface area contributed by atoms with E-state index in [4.69, 9.17) is 0 Å². The number of rotatable bonds is 6. The van der Waals surface area contributed by atoms with Gasteiger partial charge in [0, 0.05) is 19.1 Å². The minimum absolute atomic E-state index is 0.0700. The molecule has 4 rings (SSSR count). The molecule has 0 bridgehead atoms. The topological polar surface area (TPSA) is 84.5 Å².